The van der Waals surface area contributed by atoms with E-state index in [2.05, 4.69) is 18.2 Å². The van der Waals surface area contributed by atoms with E-state index in [-0.39, 0.29) is 0 Å². The predicted molar refractivity (Wildman–Crippen MR) is 64.5 cm³/mol. The van der Waals surface area contributed by atoms with Gasteiger partial charge in [-0.2, -0.15) is 11.8 Å². The summed E-state index contributed by atoms with van der Waals surface area (Å²) in [7, 11) is 0. The lowest BCUT2D eigenvalue weighted by Crippen LogP contribution is -2.17. The lowest BCUT2D eigenvalue weighted by molar-refractivity contribution is 0.603. The van der Waals surface area contributed by atoms with Gasteiger partial charge in [-0.1, -0.05) is 12.5 Å². The van der Waals surface area contributed by atoms with E-state index in [0.29, 0.717) is 0 Å². The van der Waals surface area contributed by atoms with Gasteiger partial charge < -0.3 is 5.32 Å². The Hall–Kier alpha value is 0.0500. The van der Waals surface area contributed by atoms with Gasteiger partial charge in [-0.3, -0.25) is 0 Å². The number of allylic oxidation sites excluding steroid dienone is 1. The highest BCUT2D eigenvalue weighted by molar-refractivity contribution is 7.98. The summed E-state index contributed by atoms with van der Waals surface area (Å²) in [6, 6.07) is 0. The van der Waals surface area contributed by atoms with Gasteiger partial charge in [0.2, 0.25) is 0 Å². The van der Waals surface area contributed by atoms with Crippen LogP contribution in [0.5, 0.6) is 0 Å². The fourth-order valence-corrected chi connectivity index (χ4v) is 1.61. The number of rotatable bonds is 10. The largest absolute Gasteiger partial charge is 0.317 e. The second-order valence-electron chi connectivity index (χ2n) is 3.23. The first-order valence-electron chi connectivity index (χ1n) is 5.22. The Morgan fingerprint density at radius 3 is 2.62 bits per heavy atom. The average molecular weight is 201 g/mol. The molecule has 0 saturated carbocycles. The maximum atomic E-state index is 3.71. The monoisotopic (exact) mass is 201 g/mol. The molecule has 0 aromatic heterocycles. The molecule has 0 bridgehead atoms. The SMILES string of the molecule is C=CCCCCCNCCCSC. The van der Waals surface area contributed by atoms with Gasteiger partial charge in [0.25, 0.3) is 0 Å². The van der Waals surface area contributed by atoms with E-state index in [1.54, 1.807) is 0 Å². The molecular weight excluding hydrogens is 178 g/mol. The number of hydrogen-bond acceptors (Lipinski definition) is 2. The zero-order chi connectivity index (χ0) is 9.78. The van der Waals surface area contributed by atoms with E-state index in [1.165, 1.54) is 50.9 Å². The third kappa shape index (κ3) is 12.1. The minimum absolute atomic E-state index is 1.17. The molecule has 0 atom stereocenters. The predicted octanol–water partition coefficient (Wildman–Crippen LogP) is 3.08. The van der Waals surface area contributed by atoms with Crippen molar-refractivity contribution in [2.75, 3.05) is 25.1 Å². The molecule has 2 heteroatoms. The molecule has 1 nitrogen and oxygen atoms in total. The zero-order valence-electron chi connectivity index (χ0n) is 8.85. The topological polar surface area (TPSA) is 12.0 Å². The summed E-state index contributed by atoms with van der Waals surface area (Å²) in [4.78, 5) is 0. The molecule has 13 heavy (non-hydrogen) atoms. The highest BCUT2D eigenvalue weighted by atomic mass is 32.2. The molecule has 0 aliphatic heterocycles. The van der Waals surface area contributed by atoms with E-state index in [0.717, 1.165) is 0 Å². The Balaban J connectivity index is 2.79. The van der Waals surface area contributed by atoms with Crippen molar-refractivity contribution in [3.05, 3.63) is 12.7 Å². The highest BCUT2D eigenvalue weighted by Crippen LogP contribution is 1.99. The fraction of sp³-hybridized carbons (Fsp3) is 0.818. The van der Waals surface area contributed by atoms with Crippen molar-refractivity contribution >= 4 is 11.8 Å². The molecule has 0 fully saturated rings. The molecule has 0 amide bonds. The molecule has 0 aliphatic rings. The number of nitrogens with one attached hydrogen (secondary N) is 1. The van der Waals surface area contributed by atoms with Crippen LogP contribution >= 0.6 is 11.8 Å². The summed E-state index contributed by atoms with van der Waals surface area (Å²) in [5.74, 6) is 1.28. The molecule has 1 N–H and O–H groups in total. The lowest BCUT2D eigenvalue weighted by atomic mass is 10.2. The standard InChI is InChI=1S/C11H23NS/c1-3-4-5-6-7-9-12-10-8-11-13-2/h3,12H,1,4-11H2,2H3. The summed E-state index contributed by atoms with van der Waals surface area (Å²) in [6.07, 6.45) is 10.6. The Morgan fingerprint density at radius 1 is 1.15 bits per heavy atom. The van der Waals surface area contributed by atoms with Crippen LogP contribution in [0.4, 0.5) is 0 Å². The molecule has 78 valence electrons. The van der Waals surface area contributed by atoms with E-state index in [9.17, 15) is 0 Å². The zero-order valence-corrected chi connectivity index (χ0v) is 9.67. The van der Waals surface area contributed by atoms with Crippen LogP contribution in [0.3, 0.4) is 0 Å². The molecule has 0 rings (SSSR count). The lowest BCUT2D eigenvalue weighted by Gasteiger charge is -2.02. The summed E-state index contributed by atoms with van der Waals surface area (Å²) in [5, 5.41) is 3.46. The molecule has 0 unspecified atom stereocenters. The van der Waals surface area contributed by atoms with E-state index in [1.807, 2.05) is 17.8 Å². The Labute approximate surface area is 87.4 Å². The molecule has 0 aliphatic carbocycles. The van der Waals surface area contributed by atoms with Gasteiger partial charge in [0.05, 0.1) is 0 Å². The van der Waals surface area contributed by atoms with Crippen LogP contribution in [0.2, 0.25) is 0 Å². The van der Waals surface area contributed by atoms with Crippen molar-refractivity contribution in [2.45, 2.75) is 32.1 Å². The normalized spacial score (nSPS) is 10.2. The highest BCUT2D eigenvalue weighted by Gasteiger charge is 1.88. The van der Waals surface area contributed by atoms with Crippen LogP contribution in [0.15, 0.2) is 12.7 Å². The molecule has 0 radical (unpaired) electrons. The van der Waals surface area contributed by atoms with Crippen LogP contribution in [-0.2, 0) is 0 Å². The fourth-order valence-electron chi connectivity index (χ4n) is 1.18. The number of thioether (sulfide) groups is 1. The minimum atomic E-state index is 1.17. The van der Waals surface area contributed by atoms with Gasteiger partial charge in [0, 0.05) is 0 Å². The van der Waals surface area contributed by atoms with E-state index < -0.39 is 0 Å². The van der Waals surface area contributed by atoms with Crippen LogP contribution in [-0.4, -0.2) is 25.1 Å². The molecule has 0 spiro atoms. The number of hydrogen-bond donors (Lipinski definition) is 1. The van der Waals surface area contributed by atoms with Gasteiger partial charge >= 0.3 is 0 Å². The Kier molecular flexibility index (Phi) is 12.1. The maximum Gasteiger partial charge on any atom is -0.00411 e. The molecule has 0 aromatic rings. The van der Waals surface area contributed by atoms with Crippen LogP contribution in [0, 0.1) is 0 Å². The molecule has 0 saturated heterocycles. The van der Waals surface area contributed by atoms with Crippen LogP contribution in [0.1, 0.15) is 32.1 Å². The van der Waals surface area contributed by atoms with E-state index in [4.69, 9.17) is 0 Å². The van der Waals surface area contributed by atoms with Crippen molar-refractivity contribution in [1.82, 2.24) is 5.32 Å². The van der Waals surface area contributed by atoms with Crippen molar-refractivity contribution in [3.8, 4) is 0 Å². The first kappa shape index (κ1) is 13.1. The second kappa shape index (κ2) is 12.0. The minimum Gasteiger partial charge on any atom is -0.317 e. The first-order chi connectivity index (χ1) is 6.41. The van der Waals surface area contributed by atoms with Crippen molar-refractivity contribution in [3.63, 3.8) is 0 Å². The Morgan fingerprint density at radius 2 is 1.92 bits per heavy atom. The molecule has 0 aromatic carbocycles. The quantitative estimate of drug-likeness (QED) is 0.430. The van der Waals surface area contributed by atoms with Gasteiger partial charge in [0.15, 0.2) is 0 Å². The molecule has 0 heterocycles. The van der Waals surface area contributed by atoms with Gasteiger partial charge in [-0.05, 0) is 50.8 Å². The average Bonchev–Trinajstić information content (AvgIpc) is 2.16. The van der Waals surface area contributed by atoms with Gasteiger partial charge in [0.1, 0.15) is 0 Å². The van der Waals surface area contributed by atoms with Crippen molar-refractivity contribution < 1.29 is 0 Å². The van der Waals surface area contributed by atoms with Crippen LogP contribution < -0.4 is 5.32 Å². The maximum absolute atomic E-state index is 3.71. The van der Waals surface area contributed by atoms with Gasteiger partial charge in [-0.25, -0.2) is 0 Å². The second-order valence-corrected chi connectivity index (χ2v) is 4.22. The summed E-state index contributed by atoms with van der Waals surface area (Å²) in [6.45, 7) is 6.08. The van der Waals surface area contributed by atoms with E-state index >= 15 is 0 Å². The van der Waals surface area contributed by atoms with Crippen molar-refractivity contribution in [1.29, 1.82) is 0 Å². The number of unbranched alkanes of at least 4 members (excludes halogenated alkanes) is 3. The molecular formula is C11H23NS. The third-order valence-electron chi connectivity index (χ3n) is 1.96. The first-order valence-corrected chi connectivity index (χ1v) is 6.61. The summed E-state index contributed by atoms with van der Waals surface area (Å²) in [5.41, 5.74) is 0. The van der Waals surface area contributed by atoms with Gasteiger partial charge in [-0.15, -0.1) is 6.58 Å². The van der Waals surface area contributed by atoms with Crippen LogP contribution in [0.25, 0.3) is 0 Å². The Bertz CT molecular complexity index is 104. The summed E-state index contributed by atoms with van der Waals surface area (Å²) >= 11 is 1.93. The third-order valence-corrected chi connectivity index (χ3v) is 2.66. The smallest absolute Gasteiger partial charge is 0.00411 e. The van der Waals surface area contributed by atoms with Crippen molar-refractivity contribution in [2.24, 2.45) is 0 Å². The summed E-state index contributed by atoms with van der Waals surface area (Å²) < 4.78 is 0.